The number of nitrogens with zero attached hydrogens (tertiary/aromatic N) is 1. The van der Waals surface area contributed by atoms with Crippen LogP contribution >= 0.6 is 0 Å². The molecule has 0 aliphatic rings. The van der Waals surface area contributed by atoms with Gasteiger partial charge in [0.25, 0.3) is 5.91 Å². The first-order valence-corrected chi connectivity index (χ1v) is 7.70. The minimum Gasteiger partial charge on any atom is -0.494 e. The van der Waals surface area contributed by atoms with Crippen molar-refractivity contribution in [1.29, 1.82) is 0 Å². The lowest BCUT2D eigenvalue weighted by molar-refractivity contribution is -0.159. The van der Waals surface area contributed by atoms with Gasteiger partial charge in [-0.25, -0.2) is 4.39 Å². The Hall–Kier alpha value is -2.89. The molecule has 2 aromatic carbocycles. The topological polar surface area (TPSA) is 55.8 Å². The van der Waals surface area contributed by atoms with E-state index < -0.39 is 17.9 Å². The van der Waals surface area contributed by atoms with Crippen molar-refractivity contribution in [2.24, 2.45) is 0 Å². The number of hydrogen-bond acceptors (Lipinski definition) is 4. The van der Waals surface area contributed by atoms with E-state index in [1.54, 1.807) is 44.4 Å². The summed E-state index contributed by atoms with van der Waals surface area (Å²) in [5.74, 6) is -1.42. The maximum atomic E-state index is 13.7. The van der Waals surface area contributed by atoms with Crippen LogP contribution in [0.4, 0.5) is 4.39 Å². The molecule has 132 valence electrons. The predicted molar refractivity (Wildman–Crippen MR) is 90.6 cm³/mol. The van der Waals surface area contributed by atoms with Crippen molar-refractivity contribution < 1.29 is 23.5 Å². The van der Waals surface area contributed by atoms with Gasteiger partial charge in [0.1, 0.15) is 0 Å². The van der Waals surface area contributed by atoms with Gasteiger partial charge in [0.15, 0.2) is 11.6 Å². The highest BCUT2D eigenvalue weighted by molar-refractivity contribution is 5.85. The van der Waals surface area contributed by atoms with E-state index in [1.165, 1.54) is 24.1 Å². The molecule has 0 spiro atoms. The Morgan fingerprint density at radius 2 is 1.80 bits per heavy atom. The lowest BCUT2D eigenvalue weighted by Crippen LogP contribution is -2.31. The number of benzene rings is 2. The third-order valence-corrected chi connectivity index (χ3v) is 3.58. The number of rotatable bonds is 6. The molecule has 2 aromatic rings. The SMILES string of the molecule is COc1ccc(CC(=O)O[C@@H](C(=O)N(C)C)c2ccccc2)cc1F. The summed E-state index contributed by atoms with van der Waals surface area (Å²) in [6, 6.07) is 13.0. The molecule has 0 aliphatic carbocycles. The zero-order valence-electron chi connectivity index (χ0n) is 14.4. The van der Waals surface area contributed by atoms with Crippen molar-refractivity contribution in [3.8, 4) is 5.75 Å². The van der Waals surface area contributed by atoms with Gasteiger partial charge < -0.3 is 14.4 Å². The first-order valence-electron chi connectivity index (χ1n) is 7.70. The van der Waals surface area contributed by atoms with Crippen LogP contribution in [0.25, 0.3) is 0 Å². The zero-order valence-corrected chi connectivity index (χ0v) is 14.4. The Bertz CT molecular complexity index is 746. The van der Waals surface area contributed by atoms with Gasteiger partial charge in [0, 0.05) is 19.7 Å². The van der Waals surface area contributed by atoms with Crippen molar-refractivity contribution in [2.75, 3.05) is 21.2 Å². The molecule has 0 saturated heterocycles. The molecule has 0 unspecified atom stereocenters. The lowest BCUT2D eigenvalue weighted by atomic mass is 10.1. The van der Waals surface area contributed by atoms with Crippen LogP contribution in [0.3, 0.4) is 0 Å². The molecule has 5 nitrogen and oxygen atoms in total. The van der Waals surface area contributed by atoms with E-state index in [2.05, 4.69) is 0 Å². The van der Waals surface area contributed by atoms with Crippen LogP contribution in [0.5, 0.6) is 5.75 Å². The molecule has 0 bridgehead atoms. The average Bonchev–Trinajstić information content (AvgIpc) is 2.60. The van der Waals surface area contributed by atoms with Crippen LogP contribution in [-0.4, -0.2) is 38.0 Å². The first kappa shape index (κ1) is 18.4. The molecule has 0 heterocycles. The van der Waals surface area contributed by atoms with E-state index in [-0.39, 0.29) is 18.1 Å². The fourth-order valence-electron chi connectivity index (χ4n) is 2.28. The molecule has 6 heteroatoms. The maximum Gasteiger partial charge on any atom is 0.311 e. The molecule has 2 rings (SSSR count). The molecule has 0 N–H and O–H groups in total. The Morgan fingerprint density at radius 1 is 1.12 bits per heavy atom. The third kappa shape index (κ3) is 4.79. The first-order chi connectivity index (χ1) is 11.9. The summed E-state index contributed by atoms with van der Waals surface area (Å²) in [5.41, 5.74) is 1.02. The van der Waals surface area contributed by atoms with Crippen molar-refractivity contribution in [3.63, 3.8) is 0 Å². The van der Waals surface area contributed by atoms with Gasteiger partial charge in [0.05, 0.1) is 13.5 Å². The summed E-state index contributed by atoms with van der Waals surface area (Å²) >= 11 is 0. The number of likely N-dealkylation sites (N-methyl/N-ethyl adjacent to an activating group) is 1. The second-order valence-corrected chi connectivity index (χ2v) is 5.66. The zero-order chi connectivity index (χ0) is 18.4. The van der Waals surface area contributed by atoms with Gasteiger partial charge in [-0.05, 0) is 17.7 Å². The molecule has 0 radical (unpaired) electrons. The Labute approximate surface area is 146 Å². The van der Waals surface area contributed by atoms with Gasteiger partial charge in [-0.3, -0.25) is 9.59 Å². The molecule has 1 atom stereocenters. The summed E-state index contributed by atoms with van der Waals surface area (Å²) in [5, 5.41) is 0. The number of ether oxygens (including phenoxy) is 2. The standard InChI is InChI=1S/C19H20FNO4/c1-21(2)19(23)18(14-7-5-4-6-8-14)25-17(22)12-13-9-10-16(24-3)15(20)11-13/h4-11,18H,12H2,1-3H3/t18-/m1/s1. The van der Waals surface area contributed by atoms with E-state index in [0.29, 0.717) is 11.1 Å². The highest BCUT2D eigenvalue weighted by atomic mass is 19.1. The van der Waals surface area contributed by atoms with Gasteiger partial charge >= 0.3 is 5.97 Å². The fraction of sp³-hybridized carbons (Fsp3) is 0.263. The minimum absolute atomic E-state index is 0.0991. The second kappa shape index (κ2) is 8.28. The summed E-state index contributed by atoms with van der Waals surface area (Å²) < 4.78 is 23.9. The van der Waals surface area contributed by atoms with Gasteiger partial charge in [-0.2, -0.15) is 0 Å². The number of esters is 1. The number of halogens is 1. The second-order valence-electron chi connectivity index (χ2n) is 5.66. The van der Waals surface area contributed by atoms with Crippen LogP contribution in [0.2, 0.25) is 0 Å². The molecule has 0 aromatic heterocycles. The number of hydrogen-bond donors (Lipinski definition) is 0. The molecule has 0 aliphatic heterocycles. The van der Waals surface area contributed by atoms with Crippen LogP contribution in [0, 0.1) is 5.82 Å². The summed E-state index contributed by atoms with van der Waals surface area (Å²) in [7, 11) is 4.54. The van der Waals surface area contributed by atoms with Crippen LogP contribution in [0.15, 0.2) is 48.5 Å². The summed E-state index contributed by atoms with van der Waals surface area (Å²) in [6.45, 7) is 0. The van der Waals surface area contributed by atoms with E-state index in [1.807, 2.05) is 6.07 Å². The minimum atomic E-state index is -1.04. The van der Waals surface area contributed by atoms with Crippen molar-refractivity contribution in [1.82, 2.24) is 4.90 Å². The van der Waals surface area contributed by atoms with Crippen LogP contribution in [0.1, 0.15) is 17.2 Å². The van der Waals surface area contributed by atoms with Gasteiger partial charge in [-0.15, -0.1) is 0 Å². The normalized spacial score (nSPS) is 11.5. The predicted octanol–water partition coefficient (Wildman–Crippen LogP) is 2.75. The van der Waals surface area contributed by atoms with Crippen molar-refractivity contribution in [2.45, 2.75) is 12.5 Å². The summed E-state index contributed by atoms with van der Waals surface area (Å²) in [4.78, 5) is 25.9. The van der Waals surface area contributed by atoms with E-state index in [0.717, 1.165) is 0 Å². The monoisotopic (exact) mass is 345 g/mol. The van der Waals surface area contributed by atoms with E-state index in [4.69, 9.17) is 9.47 Å². The molecule has 0 fully saturated rings. The number of carbonyl (C=O) groups excluding carboxylic acids is 2. The maximum absolute atomic E-state index is 13.7. The van der Waals surface area contributed by atoms with E-state index >= 15 is 0 Å². The van der Waals surface area contributed by atoms with Crippen LogP contribution in [-0.2, 0) is 20.7 Å². The highest BCUT2D eigenvalue weighted by Crippen LogP contribution is 2.22. The summed E-state index contributed by atoms with van der Waals surface area (Å²) in [6.07, 6.45) is -1.18. The van der Waals surface area contributed by atoms with Crippen LogP contribution < -0.4 is 4.74 Å². The Balaban J connectivity index is 2.14. The molecule has 25 heavy (non-hydrogen) atoms. The highest BCUT2D eigenvalue weighted by Gasteiger charge is 2.26. The lowest BCUT2D eigenvalue weighted by Gasteiger charge is -2.21. The molecular weight excluding hydrogens is 325 g/mol. The number of carbonyl (C=O) groups is 2. The van der Waals surface area contributed by atoms with Gasteiger partial charge in [0.2, 0.25) is 6.10 Å². The average molecular weight is 345 g/mol. The number of methoxy groups -OCH3 is 1. The smallest absolute Gasteiger partial charge is 0.311 e. The Morgan fingerprint density at radius 3 is 2.36 bits per heavy atom. The third-order valence-electron chi connectivity index (χ3n) is 3.58. The van der Waals surface area contributed by atoms with E-state index in [9.17, 15) is 14.0 Å². The number of amides is 1. The van der Waals surface area contributed by atoms with Crippen molar-refractivity contribution >= 4 is 11.9 Å². The van der Waals surface area contributed by atoms with Crippen molar-refractivity contribution in [3.05, 3.63) is 65.5 Å². The molecule has 1 amide bonds. The Kier molecular flexibility index (Phi) is 6.11. The van der Waals surface area contributed by atoms with Gasteiger partial charge in [-0.1, -0.05) is 36.4 Å². The fourth-order valence-corrected chi connectivity index (χ4v) is 2.28. The largest absolute Gasteiger partial charge is 0.494 e. The molecular formula is C19H20FNO4. The molecule has 0 saturated carbocycles. The quantitative estimate of drug-likeness (QED) is 0.756.